The van der Waals surface area contributed by atoms with Gasteiger partial charge in [0.2, 0.25) is 5.91 Å². The number of carbonyl (C=O) groups is 3. The van der Waals surface area contributed by atoms with Crippen LogP contribution in [0.1, 0.15) is 29.8 Å². The first-order valence-corrected chi connectivity index (χ1v) is 13.1. The monoisotopic (exact) mass is 531 g/mol. The minimum Gasteiger partial charge on any atom is -0.368 e. The van der Waals surface area contributed by atoms with Crippen LogP contribution >= 0.6 is 0 Å². The highest BCUT2D eigenvalue weighted by Gasteiger charge is 2.22. The van der Waals surface area contributed by atoms with Gasteiger partial charge in [0.25, 0.3) is 5.91 Å². The average Bonchev–Trinajstić information content (AvgIpc) is 2.93. The number of piperazine rings is 1. The second-order valence-corrected chi connectivity index (χ2v) is 9.83. The van der Waals surface area contributed by atoms with E-state index in [1.165, 1.54) is 29.2 Å². The Labute approximate surface area is 228 Å². The Morgan fingerprint density at radius 1 is 0.897 bits per heavy atom. The number of anilines is 2. The molecular weight excluding hydrogens is 497 g/mol. The standard InChI is InChI=1S/C30H34FN5O3/c1-22(2)32-30(39)35-17-15-34(16-18-35)27-13-11-26(12-14-27)33-28(37)21-36(20-23-7-4-3-5-8-23)29(38)24-9-6-10-25(31)19-24/h3-14,19,22H,15-18,20-21H2,1-2H3,(H,32,39)(H,33,37). The van der Waals surface area contributed by atoms with Crippen LogP contribution in [0.15, 0.2) is 78.9 Å². The molecule has 1 aliphatic rings. The number of amides is 4. The molecular formula is C30H34FN5O3. The van der Waals surface area contributed by atoms with E-state index in [1.807, 2.05) is 73.3 Å². The first-order valence-electron chi connectivity index (χ1n) is 13.1. The molecule has 0 bridgehead atoms. The van der Waals surface area contributed by atoms with Crippen LogP contribution in [0.5, 0.6) is 0 Å². The van der Waals surface area contributed by atoms with Gasteiger partial charge in [-0.25, -0.2) is 9.18 Å². The lowest BCUT2D eigenvalue weighted by Crippen LogP contribution is -2.52. The predicted molar refractivity (Wildman–Crippen MR) is 150 cm³/mol. The first-order chi connectivity index (χ1) is 18.8. The number of urea groups is 1. The summed E-state index contributed by atoms with van der Waals surface area (Å²) in [5.74, 6) is -1.29. The summed E-state index contributed by atoms with van der Waals surface area (Å²) in [5.41, 5.74) is 2.66. The fraction of sp³-hybridized carbons (Fsp3) is 0.300. The van der Waals surface area contributed by atoms with Gasteiger partial charge in [0.15, 0.2) is 0 Å². The number of nitrogens with one attached hydrogen (secondary N) is 2. The van der Waals surface area contributed by atoms with E-state index >= 15 is 0 Å². The molecule has 0 spiro atoms. The van der Waals surface area contributed by atoms with Crippen LogP contribution in [-0.2, 0) is 11.3 Å². The lowest BCUT2D eigenvalue weighted by atomic mass is 10.1. The highest BCUT2D eigenvalue weighted by atomic mass is 19.1. The Balaban J connectivity index is 1.36. The van der Waals surface area contributed by atoms with Crippen LogP contribution in [0.25, 0.3) is 0 Å². The fourth-order valence-electron chi connectivity index (χ4n) is 4.44. The molecule has 1 fully saturated rings. The summed E-state index contributed by atoms with van der Waals surface area (Å²) >= 11 is 0. The van der Waals surface area contributed by atoms with E-state index in [1.54, 1.807) is 0 Å². The summed E-state index contributed by atoms with van der Waals surface area (Å²) < 4.78 is 13.8. The summed E-state index contributed by atoms with van der Waals surface area (Å²) in [6.45, 7) is 6.61. The van der Waals surface area contributed by atoms with Crippen molar-refractivity contribution in [1.82, 2.24) is 15.1 Å². The lowest BCUT2D eigenvalue weighted by molar-refractivity contribution is -0.117. The third-order valence-electron chi connectivity index (χ3n) is 6.40. The van der Waals surface area contributed by atoms with E-state index in [0.717, 1.165) is 11.3 Å². The summed E-state index contributed by atoms with van der Waals surface area (Å²) in [6.07, 6.45) is 0. The van der Waals surface area contributed by atoms with Crippen molar-refractivity contribution < 1.29 is 18.8 Å². The summed E-state index contributed by atoms with van der Waals surface area (Å²) in [7, 11) is 0. The molecule has 0 radical (unpaired) electrons. The molecule has 204 valence electrons. The topological polar surface area (TPSA) is 85.0 Å². The zero-order valence-electron chi connectivity index (χ0n) is 22.3. The average molecular weight is 532 g/mol. The van der Waals surface area contributed by atoms with Crippen molar-refractivity contribution in [2.45, 2.75) is 26.4 Å². The minimum absolute atomic E-state index is 0.0418. The third kappa shape index (κ3) is 7.80. The van der Waals surface area contributed by atoms with Gasteiger partial charge in [-0.05, 0) is 61.9 Å². The second-order valence-electron chi connectivity index (χ2n) is 9.83. The molecule has 0 unspecified atom stereocenters. The molecule has 9 heteroatoms. The Kier molecular flexibility index (Phi) is 9.14. The van der Waals surface area contributed by atoms with Gasteiger partial charge >= 0.3 is 6.03 Å². The molecule has 3 aromatic carbocycles. The van der Waals surface area contributed by atoms with E-state index in [9.17, 15) is 18.8 Å². The molecule has 0 aromatic heterocycles. The molecule has 4 amide bonds. The summed E-state index contributed by atoms with van der Waals surface area (Å²) in [4.78, 5) is 43.8. The Morgan fingerprint density at radius 3 is 2.23 bits per heavy atom. The molecule has 0 saturated carbocycles. The van der Waals surface area contributed by atoms with Crippen molar-refractivity contribution in [2.75, 3.05) is 42.9 Å². The van der Waals surface area contributed by atoms with Gasteiger partial charge in [-0.3, -0.25) is 9.59 Å². The van der Waals surface area contributed by atoms with Crippen molar-refractivity contribution in [3.63, 3.8) is 0 Å². The van der Waals surface area contributed by atoms with E-state index in [-0.39, 0.29) is 36.6 Å². The fourth-order valence-corrected chi connectivity index (χ4v) is 4.44. The number of hydrogen-bond acceptors (Lipinski definition) is 4. The van der Waals surface area contributed by atoms with Crippen LogP contribution in [0.4, 0.5) is 20.6 Å². The predicted octanol–water partition coefficient (Wildman–Crippen LogP) is 4.35. The molecule has 1 aliphatic heterocycles. The van der Waals surface area contributed by atoms with Crippen LogP contribution < -0.4 is 15.5 Å². The number of carbonyl (C=O) groups excluding carboxylic acids is 3. The van der Waals surface area contributed by atoms with E-state index < -0.39 is 11.7 Å². The Hall–Kier alpha value is -4.40. The van der Waals surface area contributed by atoms with Gasteiger partial charge in [-0.1, -0.05) is 36.4 Å². The maximum absolute atomic E-state index is 13.8. The highest BCUT2D eigenvalue weighted by Crippen LogP contribution is 2.20. The van der Waals surface area contributed by atoms with Gasteiger partial charge in [0.05, 0.1) is 0 Å². The number of rotatable bonds is 8. The molecule has 1 heterocycles. The summed E-state index contributed by atoms with van der Waals surface area (Å²) in [6, 6.07) is 22.4. The largest absolute Gasteiger partial charge is 0.368 e. The quantitative estimate of drug-likeness (QED) is 0.453. The van der Waals surface area contributed by atoms with Crippen LogP contribution in [0.3, 0.4) is 0 Å². The highest BCUT2D eigenvalue weighted by molar-refractivity contribution is 5.99. The van der Waals surface area contributed by atoms with Gasteiger partial charge in [0, 0.05) is 55.7 Å². The normalized spacial score (nSPS) is 13.2. The van der Waals surface area contributed by atoms with E-state index in [2.05, 4.69) is 15.5 Å². The zero-order valence-corrected chi connectivity index (χ0v) is 22.3. The smallest absolute Gasteiger partial charge is 0.317 e. The SMILES string of the molecule is CC(C)NC(=O)N1CCN(c2ccc(NC(=O)CN(Cc3ccccc3)C(=O)c3cccc(F)c3)cc2)CC1. The molecule has 0 aliphatic carbocycles. The minimum atomic E-state index is -0.509. The second kappa shape index (κ2) is 12.9. The Bertz CT molecular complexity index is 1280. The number of hydrogen-bond donors (Lipinski definition) is 2. The lowest BCUT2D eigenvalue weighted by Gasteiger charge is -2.36. The molecule has 1 saturated heterocycles. The van der Waals surface area contributed by atoms with Crippen LogP contribution in [-0.4, -0.2) is 66.4 Å². The van der Waals surface area contributed by atoms with Crippen molar-refractivity contribution in [3.05, 3.63) is 95.8 Å². The van der Waals surface area contributed by atoms with Gasteiger partial charge < -0.3 is 25.3 Å². The van der Waals surface area contributed by atoms with Crippen molar-refractivity contribution >= 4 is 29.2 Å². The molecule has 4 rings (SSSR count). The van der Waals surface area contributed by atoms with Crippen molar-refractivity contribution in [1.29, 1.82) is 0 Å². The molecule has 0 atom stereocenters. The Morgan fingerprint density at radius 2 is 1.59 bits per heavy atom. The van der Waals surface area contributed by atoms with Crippen molar-refractivity contribution in [3.8, 4) is 0 Å². The van der Waals surface area contributed by atoms with E-state index in [4.69, 9.17) is 0 Å². The number of halogens is 1. The molecule has 2 N–H and O–H groups in total. The molecule has 3 aromatic rings. The maximum Gasteiger partial charge on any atom is 0.317 e. The van der Waals surface area contributed by atoms with Crippen molar-refractivity contribution in [2.24, 2.45) is 0 Å². The number of benzene rings is 3. The van der Waals surface area contributed by atoms with Gasteiger partial charge in [0.1, 0.15) is 12.4 Å². The maximum atomic E-state index is 13.8. The zero-order chi connectivity index (χ0) is 27.8. The third-order valence-corrected chi connectivity index (χ3v) is 6.40. The van der Waals surface area contributed by atoms with Crippen LogP contribution in [0.2, 0.25) is 0 Å². The summed E-state index contributed by atoms with van der Waals surface area (Å²) in [5, 5.41) is 5.78. The van der Waals surface area contributed by atoms with E-state index in [0.29, 0.717) is 31.9 Å². The molecule has 8 nitrogen and oxygen atoms in total. The molecule has 39 heavy (non-hydrogen) atoms. The van der Waals surface area contributed by atoms with Gasteiger partial charge in [-0.2, -0.15) is 0 Å². The van der Waals surface area contributed by atoms with Gasteiger partial charge in [-0.15, -0.1) is 0 Å². The van der Waals surface area contributed by atoms with Crippen LogP contribution in [0, 0.1) is 5.82 Å². The first kappa shape index (κ1) is 27.6. The number of nitrogens with zero attached hydrogens (tertiary/aromatic N) is 3.